The van der Waals surface area contributed by atoms with Crippen molar-refractivity contribution in [2.45, 2.75) is 32.7 Å². The fraction of sp³-hybridized carbons (Fsp3) is 0.208. The minimum Gasteiger partial charge on any atom is -0.382 e. The second-order valence-electron chi connectivity index (χ2n) is 8.82. The lowest BCUT2D eigenvalue weighted by Crippen LogP contribution is -2.21. The standard InChI is InChI=1S/C24H23BrFN7O2/c1-24(2,3)19-12-18(33(30-19)13-14-7-5-4-6-8-14)23(34)29-22-20(31-35-32-22)21(27)28-15-9-10-17(26)16(25)11-15/h4-12H,13H2,1-3H3,(H2,27,28)(H,29,32,34). The molecule has 0 unspecified atom stereocenters. The van der Waals surface area contributed by atoms with E-state index in [1.807, 2.05) is 51.1 Å². The summed E-state index contributed by atoms with van der Waals surface area (Å²) in [5, 5.41) is 14.9. The Morgan fingerprint density at radius 1 is 1.17 bits per heavy atom. The number of carbonyl (C=O) groups excluding carboxylic acids is 1. The zero-order valence-corrected chi connectivity index (χ0v) is 20.9. The first-order valence-corrected chi connectivity index (χ1v) is 11.5. The number of benzene rings is 2. The Morgan fingerprint density at radius 3 is 2.60 bits per heavy atom. The second kappa shape index (κ2) is 9.79. The SMILES string of the molecule is CC(C)(C)c1cc(C(=O)Nc2nonc2C(N)=Nc2ccc(F)c(Br)c2)n(Cc2ccccc2)n1. The fourth-order valence-electron chi connectivity index (χ4n) is 3.20. The molecule has 0 aliphatic carbocycles. The first-order chi connectivity index (χ1) is 16.6. The molecular weight excluding hydrogens is 517 g/mol. The van der Waals surface area contributed by atoms with Crippen molar-refractivity contribution in [2.75, 3.05) is 5.32 Å². The summed E-state index contributed by atoms with van der Waals surface area (Å²) in [7, 11) is 0. The van der Waals surface area contributed by atoms with Gasteiger partial charge in [0.05, 0.1) is 22.4 Å². The Bertz CT molecular complexity index is 1390. The van der Waals surface area contributed by atoms with Crippen molar-refractivity contribution in [3.8, 4) is 0 Å². The smallest absolute Gasteiger partial charge is 0.275 e. The molecular formula is C24H23BrFN7O2. The molecule has 0 saturated carbocycles. The summed E-state index contributed by atoms with van der Waals surface area (Å²) >= 11 is 3.11. The van der Waals surface area contributed by atoms with Crippen molar-refractivity contribution in [2.24, 2.45) is 10.7 Å². The van der Waals surface area contributed by atoms with E-state index in [0.717, 1.165) is 11.3 Å². The van der Waals surface area contributed by atoms with Crippen LogP contribution >= 0.6 is 15.9 Å². The fourth-order valence-corrected chi connectivity index (χ4v) is 3.57. The summed E-state index contributed by atoms with van der Waals surface area (Å²) in [6.45, 7) is 6.48. The summed E-state index contributed by atoms with van der Waals surface area (Å²) in [6.07, 6.45) is 0. The Labute approximate surface area is 209 Å². The number of anilines is 1. The van der Waals surface area contributed by atoms with Gasteiger partial charge in [-0.3, -0.25) is 9.48 Å². The highest BCUT2D eigenvalue weighted by Crippen LogP contribution is 2.25. The molecule has 2 heterocycles. The van der Waals surface area contributed by atoms with Crippen LogP contribution in [0, 0.1) is 5.82 Å². The molecule has 11 heteroatoms. The van der Waals surface area contributed by atoms with Crippen molar-refractivity contribution < 1.29 is 13.8 Å². The van der Waals surface area contributed by atoms with E-state index in [0.29, 0.717) is 17.9 Å². The Balaban J connectivity index is 1.62. The molecule has 0 saturated heterocycles. The molecule has 3 N–H and O–H groups in total. The van der Waals surface area contributed by atoms with Crippen LogP contribution in [0.2, 0.25) is 0 Å². The van der Waals surface area contributed by atoms with Crippen LogP contribution in [-0.4, -0.2) is 31.8 Å². The first kappa shape index (κ1) is 24.3. The lowest BCUT2D eigenvalue weighted by molar-refractivity contribution is 0.101. The number of nitrogens with zero attached hydrogens (tertiary/aromatic N) is 5. The average Bonchev–Trinajstić information content (AvgIpc) is 3.44. The summed E-state index contributed by atoms with van der Waals surface area (Å²) in [5.74, 6) is -0.950. The molecule has 180 valence electrons. The monoisotopic (exact) mass is 539 g/mol. The number of nitrogens with two attached hydrogens (primary N) is 1. The molecule has 9 nitrogen and oxygen atoms in total. The number of hydrogen-bond donors (Lipinski definition) is 2. The van der Waals surface area contributed by atoms with E-state index in [1.54, 1.807) is 10.7 Å². The van der Waals surface area contributed by atoms with Gasteiger partial charge in [0.1, 0.15) is 11.5 Å². The van der Waals surface area contributed by atoms with Crippen LogP contribution < -0.4 is 11.1 Å². The maximum atomic E-state index is 13.5. The van der Waals surface area contributed by atoms with Gasteiger partial charge in [0, 0.05) is 5.41 Å². The van der Waals surface area contributed by atoms with Gasteiger partial charge in [-0.05, 0) is 56.1 Å². The van der Waals surface area contributed by atoms with Crippen LogP contribution in [-0.2, 0) is 12.0 Å². The van der Waals surface area contributed by atoms with Crippen molar-refractivity contribution in [3.63, 3.8) is 0 Å². The van der Waals surface area contributed by atoms with Crippen LogP contribution in [0.3, 0.4) is 0 Å². The zero-order chi connectivity index (χ0) is 25.2. The molecule has 0 fully saturated rings. The number of amidine groups is 1. The van der Waals surface area contributed by atoms with Crippen LogP contribution in [0.25, 0.3) is 0 Å². The van der Waals surface area contributed by atoms with E-state index in [4.69, 9.17) is 10.4 Å². The van der Waals surface area contributed by atoms with Crippen molar-refractivity contribution in [1.82, 2.24) is 20.1 Å². The van der Waals surface area contributed by atoms with E-state index in [2.05, 4.69) is 41.7 Å². The summed E-state index contributed by atoms with van der Waals surface area (Å²) < 4.78 is 20.2. The van der Waals surface area contributed by atoms with Crippen LogP contribution in [0.4, 0.5) is 15.9 Å². The number of rotatable bonds is 6. The van der Waals surface area contributed by atoms with Crippen molar-refractivity contribution >= 4 is 39.2 Å². The third-order valence-electron chi connectivity index (χ3n) is 5.07. The molecule has 35 heavy (non-hydrogen) atoms. The third kappa shape index (κ3) is 5.62. The van der Waals surface area contributed by atoms with Crippen LogP contribution in [0.5, 0.6) is 0 Å². The normalized spacial score (nSPS) is 12.1. The molecule has 0 spiro atoms. The van der Waals surface area contributed by atoms with Gasteiger partial charge in [-0.15, -0.1) is 0 Å². The highest BCUT2D eigenvalue weighted by molar-refractivity contribution is 9.10. The number of hydrogen-bond acceptors (Lipinski definition) is 6. The Hall–Kier alpha value is -3.86. The van der Waals surface area contributed by atoms with Crippen LogP contribution in [0.15, 0.2) is 68.7 Å². The number of nitrogens with one attached hydrogen (secondary N) is 1. The van der Waals surface area contributed by atoms with Gasteiger partial charge in [-0.25, -0.2) is 14.0 Å². The predicted octanol–water partition coefficient (Wildman–Crippen LogP) is 4.80. The Kier molecular flexibility index (Phi) is 6.79. The number of aromatic nitrogens is 4. The maximum Gasteiger partial charge on any atom is 0.275 e. The lowest BCUT2D eigenvalue weighted by atomic mass is 9.92. The molecule has 0 atom stereocenters. The summed E-state index contributed by atoms with van der Waals surface area (Å²) in [4.78, 5) is 17.5. The minimum atomic E-state index is -0.460. The largest absolute Gasteiger partial charge is 0.382 e. The number of aliphatic imine (C=N–C) groups is 1. The van der Waals surface area contributed by atoms with Gasteiger partial charge in [0.15, 0.2) is 11.5 Å². The molecule has 4 rings (SSSR count). The van der Waals surface area contributed by atoms with Gasteiger partial charge in [-0.1, -0.05) is 51.1 Å². The van der Waals surface area contributed by atoms with E-state index in [1.165, 1.54) is 18.2 Å². The summed E-state index contributed by atoms with van der Waals surface area (Å²) in [5.41, 5.74) is 8.34. The molecule has 4 aromatic rings. The number of amides is 1. The molecule has 2 aromatic heterocycles. The summed E-state index contributed by atoms with van der Waals surface area (Å²) in [6, 6.07) is 15.6. The van der Waals surface area contributed by atoms with Gasteiger partial charge in [0.25, 0.3) is 5.91 Å². The highest BCUT2D eigenvalue weighted by atomic mass is 79.9. The quantitative estimate of drug-likeness (QED) is 0.267. The first-order valence-electron chi connectivity index (χ1n) is 10.7. The second-order valence-corrected chi connectivity index (χ2v) is 9.67. The zero-order valence-electron chi connectivity index (χ0n) is 19.3. The van der Waals surface area contributed by atoms with Gasteiger partial charge in [0.2, 0.25) is 5.82 Å². The molecule has 0 radical (unpaired) electrons. The molecule has 2 aromatic carbocycles. The van der Waals surface area contributed by atoms with Crippen molar-refractivity contribution in [3.05, 3.63) is 87.5 Å². The van der Waals surface area contributed by atoms with Gasteiger partial charge < -0.3 is 11.1 Å². The molecule has 1 amide bonds. The van der Waals surface area contributed by atoms with Crippen LogP contribution in [0.1, 0.15) is 48.2 Å². The van der Waals surface area contributed by atoms with Gasteiger partial charge >= 0.3 is 0 Å². The lowest BCUT2D eigenvalue weighted by Gasteiger charge is -2.14. The minimum absolute atomic E-state index is 0.00203. The van der Waals surface area contributed by atoms with E-state index in [9.17, 15) is 9.18 Å². The van der Waals surface area contributed by atoms with E-state index in [-0.39, 0.29) is 27.2 Å². The topological polar surface area (TPSA) is 124 Å². The number of halogens is 2. The van der Waals surface area contributed by atoms with E-state index < -0.39 is 11.7 Å². The maximum absolute atomic E-state index is 13.5. The molecule has 0 aliphatic heterocycles. The molecule has 0 aliphatic rings. The average molecular weight is 540 g/mol. The molecule has 0 bridgehead atoms. The van der Waals surface area contributed by atoms with Gasteiger partial charge in [-0.2, -0.15) is 5.10 Å². The van der Waals surface area contributed by atoms with Crippen molar-refractivity contribution in [1.29, 1.82) is 0 Å². The van der Waals surface area contributed by atoms with E-state index >= 15 is 0 Å². The predicted molar refractivity (Wildman–Crippen MR) is 133 cm³/mol. The highest BCUT2D eigenvalue weighted by Gasteiger charge is 2.25. The number of carbonyl (C=O) groups is 1. The Morgan fingerprint density at radius 2 is 1.91 bits per heavy atom. The third-order valence-corrected chi connectivity index (χ3v) is 5.68.